The molecule has 2 aliphatic rings. The molecule has 69 heavy (non-hydrogen) atoms. The van der Waals surface area contributed by atoms with Gasteiger partial charge in [-0.15, -0.1) is 0 Å². The average molecular weight is 954 g/mol. The molecule has 1 fully saturated rings. The van der Waals surface area contributed by atoms with Gasteiger partial charge in [0, 0.05) is 24.7 Å². The molecule has 3 aromatic rings. The standard InChI is InChI=1S/C60H95N3O6/c1-7-13-15-17-23-29-35-48-45(33-27-16-14-8-2)37-38-46(34-28-22-18-20-25-31-41-60(11-5,12-6)63-54(64)39-40-55(63)65)49(48)36-30-24-19-21-26-32-42-61-56(66)50-43-52-53(44-51(50)57(61)67)59(69)62(58(52)68)47(9-3)10-4/h39-40,43-49H,7-38,41-42H2,1-6H3. The highest BCUT2D eigenvalue weighted by Crippen LogP contribution is 2.48. The van der Waals surface area contributed by atoms with Crippen molar-refractivity contribution in [3.05, 3.63) is 65.7 Å². The van der Waals surface area contributed by atoms with Gasteiger partial charge in [0.05, 0.1) is 27.1 Å². The molecule has 5 rings (SSSR count). The third kappa shape index (κ3) is 14.5. The molecule has 0 radical (unpaired) electrons. The van der Waals surface area contributed by atoms with Crippen LogP contribution in [-0.4, -0.2) is 31.4 Å². The van der Waals surface area contributed by atoms with Crippen molar-refractivity contribution in [3.8, 4) is 0 Å². The van der Waals surface area contributed by atoms with E-state index in [0.717, 1.165) is 75.0 Å². The van der Waals surface area contributed by atoms with E-state index < -0.39 is 0 Å². The van der Waals surface area contributed by atoms with E-state index in [2.05, 4.69) is 27.7 Å². The van der Waals surface area contributed by atoms with Crippen LogP contribution in [0.3, 0.4) is 0 Å². The maximum atomic E-state index is 13.5. The highest BCUT2D eigenvalue weighted by atomic mass is 16.2. The lowest BCUT2D eigenvalue weighted by Crippen LogP contribution is -2.51. The van der Waals surface area contributed by atoms with Gasteiger partial charge in [0.15, 0.2) is 0 Å². The molecular weight excluding hydrogens is 859 g/mol. The first-order valence-corrected chi connectivity index (χ1v) is 29.0. The number of hydrogen-bond donors (Lipinski definition) is 0. The predicted molar refractivity (Wildman–Crippen MR) is 288 cm³/mol. The van der Waals surface area contributed by atoms with Gasteiger partial charge in [-0.05, 0) is 100 Å². The van der Waals surface area contributed by atoms with E-state index in [9.17, 15) is 28.8 Å². The van der Waals surface area contributed by atoms with Crippen LogP contribution in [0, 0.1) is 23.7 Å². The number of carbonyl (C=O) groups excluding carboxylic acids is 2. The fourth-order valence-electron chi connectivity index (χ4n) is 13.2. The second kappa shape index (κ2) is 29.0. The van der Waals surface area contributed by atoms with E-state index in [1.165, 1.54) is 186 Å². The summed E-state index contributed by atoms with van der Waals surface area (Å²) in [7, 11) is 0. The second-order valence-electron chi connectivity index (χ2n) is 21.8. The summed E-state index contributed by atoms with van der Waals surface area (Å²) in [6.07, 6.45) is 42.5. The number of aromatic nitrogens is 2. The molecule has 1 aliphatic carbocycles. The molecule has 0 spiro atoms. The molecule has 2 amide bonds. The first kappa shape index (κ1) is 56.3. The topological polar surface area (TPSA) is 116 Å². The Kier molecular flexibility index (Phi) is 23.7. The maximum Gasteiger partial charge on any atom is 0.261 e. The molecule has 0 bridgehead atoms. The summed E-state index contributed by atoms with van der Waals surface area (Å²) < 4.78 is 2.63. The molecular formula is C60H95N3O6. The summed E-state index contributed by atoms with van der Waals surface area (Å²) >= 11 is 0. The van der Waals surface area contributed by atoms with Crippen molar-refractivity contribution in [2.24, 2.45) is 23.7 Å². The fraction of sp³-hybridized carbons (Fsp3) is 0.767. The molecule has 4 atom stereocenters. The molecule has 9 nitrogen and oxygen atoms in total. The molecule has 4 unspecified atom stereocenters. The number of carbonyl (C=O) groups is 2. The zero-order valence-corrected chi connectivity index (χ0v) is 44.5. The highest BCUT2D eigenvalue weighted by molar-refractivity contribution is 6.13. The summed E-state index contributed by atoms with van der Waals surface area (Å²) in [5, 5.41) is 0.979. The quantitative estimate of drug-likeness (QED) is 0.0423. The Morgan fingerprint density at radius 3 is 1.28 bits per heavy atom. The minimum Gasteiger partial charge on any atom is -0.274 e. The van der Waals surface area contributed by atoms with Crippen LogP contribution in [0.25, 0.3) is 21.5 Å². The van der Waals surface area contributed by atoms with Crippen molar-refractivity contribution >= 4 is 33.4 Å². The van der Waals surface area contributed by atoms with E-state index in [0.29, 0.717) is 19.4 Å². The van der Waals surface area contributed by atoms with Crippen LogP contribution >= 0.6 is 0 Å². The molecule has 1 aromatic carbocycles. The van der Waals surface area contributed by atoms with Gasteiger partial charge < -0.3 is 0 Å². The van der Waals surface area contributed by atoms with Crippen LogP contribution in [-0.2, 0) is 16.1 Å². The number of unbranched alkanes of at least 4 members (excludes halogenated alkanes) is 18. The molecule has 0 saturated heterocycles. The summed E-state index contributed by atoms with van der Waals surface area (Å²) in [5.41, 5.74) is -1.78. The third-order valence-electron chi connectivity index (χ3n) is 17.5. The van der Waals surface area contributed by atoms with E-state index in [1.54, 1.807) is 0 Å². The lowest BCUT2D eigenvalue weighted by Gasteiger charge is -2.44. The molecule has 2 aromatic heterocycles. The van der Waals surface area contributed by atoms with Crippen LogP contribution < -0.4 is 22.2 Å². The van der Waals surface area contributed by atoms with Crippen LogP contribution in [0.1, 0.15) is 259 Å². The number of nitrogens with zero attached hydrogens (tertiary/aromatic N) is 3. The molecule has 9 heteroatoms. The Morgan fingerprint density at radius 1 is 0.464 bits per heavy atom. The summed E-state index contributed by atoms with van der Waals surface area (Å²) in [6.45, 7) is 13.1. The summed E-state index contributed by atoms with van der Waals surface area (Å²) in [4.78, 5) is 80.2. The monoisotopic (exact) mass is 954 g/mol. The number of fused-ring (bicyclic) bond motifs is 2. The number of amides is 2. The molecule has 1 saturated carbocycles. The molecule has 3 heterocycles. The minimum absolute atomic E-state index is 0.146. The highest BCUT2D eigenvalue weighted by Gasteiger charge is 2.41. The molecule has 386 valence electrons. The third-order valence-corrected chi connectivity index (χ3v) is 17.5. The number of rotatable bonds is 36. The van der Waals surface area contributed by atoms with E-state index >= 15 is 0 Å². The van der Waals surface area contributed by atoms with Crippen LogP contribution in [0.5, 0.6) is 0 Å². The summed E-state index contributed by atoms with van der Waals surface area (Å²) in [5.74, 6) is 3.11. The zero-order chi connectivity index (χ0) is 49.8. The zero-order valence-electron chi connectivity index (χ0n) is 44.5. The van der Waals surface area contributed by atoms with Crippen molar-refractivity contribution in [2.45, 2.75) is 272 Å². The minimum atomic E-state index is -0.363. The van der Waals surface area contributed by atoms with Gasteiger partial charge in [0.25, 0.3) is 34.1 Å². The van der Waals surface area contributed by atoms with Gasteiger partial charge in [0.2, 0.25) is 0 Å². The van der Waals surface area contributed by atoms with Gasteiger partial charge in [-0.1, -0.05) is 189 Å². The van der Waals surface area contributed by atoms with Crippen molar-refractivity contribution < 1.29 is 9.59 Å². The van der Waals surface area contributed by atoms with Crippen molar-refractivity contribution in [2.75, 3.05) is 0 Å². The fourth-order valence-corrected chi connectivity index (χ4v) is 13.2. The Hall–Kier alpha value is -3.62. The van der Waals surface area contributed by atoms with Crippen LogP contribution in [0.4, 0.5) is 0 Å². The van der Waals surface area contributed by atoms with Gasteiger partial charge in [-0.3, -0.25) is 42.8 Å². The predicted octanol–water partition coefficient (Wildman–Crippen LogP) is 14.6. The van der Waals surface area contributed by atoms with Gasteiger partial charge in [-0.25, -0.2) is 0 Å². The van der Waals surface area contributed by atoms with E-state index in [4.69, 9.17) is 0 Å². The Balaban J connectivity index is 1.13. The van der Waals surface area contributed by atoms with Crippen LogP contribution in [0.2, 0.25) is 0 Å². The lowest BCUT2D eigenvalue weighted by molar-refractivity contribution is -0.145. The van der Waals surface area contributed by atoms with Gasteiger partial charge in [0.1, 0.15) is 0 Å². The van der Waals surface area contributed by atoms with E-state index in [1.807, 2.05) is 13.8 Å². The Labute approximate surface area is 416 Å². The molecule has 0 N–H and O–H groups in total. The second-order valence-corrected chi connectivity index (χ2v) is 21.8. The lowest BCUT2D eigenvalue weighted by atomic mass is 9.61. The van der Waals surface area contributed by atoms with E-state index in [-0.39, 0.29) is 67.2 Å². The SMILES string of the molecule is CCCCCCCCC1C(CCCCCC)CCC(CCCCCCCCC(CC)(CC)N2C(=O)C=CC2=O)C1CCCCCCCCn1c(=O)c2cc3c(=O)n(C(CC)CC)c(=O)c3cc2c1=O. The normalized spacial score (nSPS) is 18.9. The molecule has 1 aliphatic heterocycles. The Bertz CT molecular complexity index is 2170. The largest absolute Gasteiger partial charge is 0.274 e. The van der Waals surface area contributed by atoms with Gasteiger partial charge >= 0.3 is 0 Å². The first-order chi connectivity index (χ1) is 33.5. The maximum absolute atomic E-state index is 13.5. The van der Waals surface area contributed by atoms with Crippen molar-refractivity contribution in [1.82, 2.24) is 14.0 Å². The average Bonchev–Trinajstić information content (AvgIpc) is 3.91. The van der Waals surface area contributed by atoms with Crippen molar-refractivity contribution in [1.29, 1.82) is 0 Å². The van der Waals surface area contributed by atoms with Crippen molar-refractivity contribution in [3.63, 3.8) is 0 Å². The smallest absolute Gasteiger partial charge is 0.261 e. The first-order valence-electron chi connectivity index (χ1n) is 29.0. The number of benzene rings is 1. The van der Waals surface area contributed by atoms with Gasteiger partial charge in [-0.2, -0.15) is 0 Å². The Morgan fingerprint density at radius 2 is 0.841 bits per heavy atom. The van der Waals surface area contributed by atoms with Crippen LogP contribution in [0.15, 0.2) is 43.5 Å². The number of hydrogen-bond acceptors (Lipinski definition) is 6. The summed E-state index contributed by atoms with van der Waals surface area (Å²) in [6, 6.07) is 2.79. The number of imide groups is 1.